The smallest absolute Gasteiger partial charge is 0.408 e. The quantitative estimate of drug-likeness (QED) is 0.901. The number of rotatable bonds is 4. The van der Waals surface area contributed by atoms with Crippen LogP contribution in [0.5, 0.6) is 0 Å². The van der Waals surface area contributed by atoms with Crippen molar-refractivity contribution in [3.05, 3.63) is 34.3 Å². The van der Waals surface area contributed by atoms with Crippen LogP contribution in [0.25, 0.3) is 11.1 Å². The highest BCUT2D eigenvalue weighted by atomic mass is 16.4. The molecule has 4 heteroatoms. The van der Waals surface area contributed by atoms with Crippen molar-refractivity contribution in [2.45, 2.75) is 52.0 Å². The summed E-state index contributed by atoms with van der Waals surface area (Å²) in [6.07, 6.45) is 6.46. The molecular weight excluding hydrogens is 264 g/mol. The third-order valence-corrected chi connectivity index (χ3v) is 4.88. The first-order chi connectivity index (χ1) is 10.1. The molecule has 0 bridgehead atoms. The number of hydrogen-bond acceptors (Lipinski definition) is 3. The van der Waals surface area contributed by atoms with E-state index in [0.29, 0.717) is 11.6 Å². The van der Waals surface area contributed by atoms with E-state index in [1.807, 2.05) is 12.1 Å². The summed E-state index contributed by atoms with van der Waals surface area (Å²) in [6.45, 7) is 5.47. The topological polar surface area (TPSA) is 58.0 Å². The Kier molecular flexibility index (Phi) is 3.89. The van der Waals surface area contributed by atoms with Gasteiger partial charge in [0, 0.05) is 6.04 Å². The predicted molar refractivity (Wildman–Crippen MR) is 84.4 cm³/mol. The van der Waals surface area contributed by atoms with Crippen molar-refractivity contribution >= 4 is 11.1 Å². The van der Waals surface area contributed by atoms with Crippen molar-refractivity contribution in [3.8, 4) is 0 Å². The summed E-state index contributed by atoms with van der Waals surface area (Å²) >= 11 is 0. The van der Waals surface area contributed by atoms with Crippen molar-refractivity contribution in [1.82, 2.24) is 10.3 Å². The third-order valence-electron chi connectivity index (χ3n) is 4.88. The first-order valence-corrected chi connectivity index (χ1v) is 7.98. The van der Waals surface area contributed by atoms with Gasteiger partial charge in [-0.3, -0.25) is 4.98 Å². The van der Waals surface area contributed by atoms with Crippen molar-refractivity contribution < 1.29 is 4.42 Å². The van der Waals surface area contributed by atoms with Crippen LogP contribution in [0.15, 0.2) is 27.4 Å². The van der Waals surface area contributed by atoms with E-state index >= 15 is 0 Å². The number of aromatic nitrogens is 1. The molecule has 0 aliphatic heterocycles. The molecule has 1 aromatic carbocycles. The Bertz CT molecular complexity index is 665. The van der Waals surface area contributed by atoms with Gasteiger partial charge in [-0.05, 0) is 42.5 Å². The summed E-state index contributed by atoms with van der Waals surface area (Å²) in [7, 11) is 0. The van der Waals surface area contributed by atoms with E-state index in [1.54, 1.807) is 0 Å². The molecule has 0 amide bonds. The summed E-state index contributed by atoms with van der Waals surface area (Å²) in [5.74, 6) is -0.383. The van der Waals surface area contributed by atoms with E-state index in [2.05, 4.69) is 30.2 Å². The summed E-state index contributed by atoms with van der Waals surface area (Å²) < 4.78 is 5.22. The fourth-order valence-corrected chi connectivity index (χ4v) is 3.76. The predicted octanol–water partition coefficient (Wildman–Crippen LogP) is 3.74. The minimum atomic E-state index is -0.383. The van der Waals surface area contributed by atoms with Gasteiger partial charge in [-0.1, -0.05) is 39.2 Å². The van der Waals surface area contributed by atoms with E-state index in [0.717, 1.165) is 12.1 Å². The second kappa shape index (κ2) is 5.68. The highest BCUT2D eigenvalue weighted by Gasteiger charge is 2.36. The van der Waals surface area contributed by atoms with Crippen LogP contribution in [0.3, 0.4) is 0 Å². The molecule has 1 aliphatic carbocycles. The number of H-pyrrole nitrogens is 1. The van der Waals surface area contributed by atoms with Crippen LogP contribution in [-0.2, 0) is 0 Å². The second-order valence-electron chi connectivity index (χ2n) is 6.48. The van der Waals surface area contributed by atoms with Gasteiger partial charge in [-0.2, -0.15) is 0 Å². The largest absolute Gasteiger partial charge is 0.417 e. The summed E-state index contributed by atoms with van der Waals surface area (Å²) in [6, 6.07) is 6.39. The van der Waals surface area contributed by atoms with Crippen LogP contribution in [0.4, 0.5) is 0 Å². The maximum atomic E-state index is 11.3. The van der Waals surface area contributed by atoms with E-state index in [4.69, 9.17) is 4.42 Å². The molecule has 1 aromatic heterocycles. The molecule has 1 unspecified atom stereocenters. The molecule has 21 heavy (non-hydrogen) atoms. The molecule has 1 heterocycles. The van der Waals surface area contributed by atoms with Gasteiger partial charge in [0.15, 0.2) is 5.58 Å². The Hall–Kier alpha value is -1.55. The van der Waals surface area contributed by atoms with Gasteiger partial charge >= 0.3 is 5.76 Å². The average molecular weight is 288 g/mol. The maximum absolute atomic E-state index is 11.3. The number of aromatic amines is 1. The Balaban J connectivity index is 1.99. The Morgan fingerprint density at radius 3 is 2.81 bits per heavy atom. The lowest BCUT2D eigenvalue weighted by atomic mass is 9.68. The molecule has 1 aliphatic rings. The van der Waals surface area contributed by atoms with Crippen molar-refractivity contribution in [3.63, 3.8) is 0 Å². The fourth-order valence-electron chi connectivity index (χ4n) is 3.76. The van der Waals surface area contributed by atoms with E-state index < -0.39 is 0 Å². The normalized spacial score (nSPS) is 19.7. The lowest BCUT2D eigenvalue weighted by Crippen LogP contribution is -2.37. The fraction of sp³-hybridized carbons (Fsp3) is 0.588. The molecule has 0 saturated heterocycles. The molecule has 1 atom stereocenters. The number of benzene rings is 1. The third kappa shape index (κ3) is 2.77. The Labute approximate surface area is 124 Å². The Morgan fingerprint density at radius 1 is 1.33 bits per heavy atom. The lowest BCUT2D eigenvalue weighted by molar-refractivity contribution is 0.146. The molecule has 3 rings (SSSR count). The minimum Gasteiger partial charge on any atom is -0.408 e. The van der Waals surface area contributed by atoms with E-state index in [9.17, 15) is 4.79 Å². The van der Waals surface area contributed by atoms with Gasteiger partial charge in [-0.15, -0.1) is 0 Å². The number of nitrogens with one attached hydrogen (secondary N) is 2. The van der Waals surface area contributed by atoms with Crippen LogP contribution in [-0.4, -0.2) is 11.5 Å². The molecular formula is C17H24N2O2. The molecule has 114 valence electrons. The zero-order chi connectivity index (χ0) is 14.9. The van der Waals surface area contributed by atoms with Gasteiger partial charge in [0.05, 0.1) is 5.52 Å². The number of hydrogen-bond donors (Lipinski definition) is 2. The first-order valence-electron chi connectivity index (χ1n) is 7.98. The maximum Gasteiger partial charge on any atom is 0.417 e. The van der Waals surface area contributed by atoms with Crippen molar-refractivity contribution in [2.24, 2.45) is 5.41 Å². The number of oxazole rings is 1. The highest BCUT2D eigenvalue weighted by molar-refractivity contribution is 5.72. The summed E-state index contributed by atoms with van der Waals surface area (Å²) in [4.78, 5) is 14.0. The van der Waals surface area contributed by atoms with Gasteiger partial charge in [0.2, 0.25) is 0 Å². The van der Waals surface area contributed by atoms with Crippen LogP contribution < -0.4 is 11.1 Å². The zero-order valence-corrected chi connectivity index (χ0v) is 12.9. The average Bonchev–Trinajstić information content (AvgIpc) is 2.84. The first kappa shape index (κ1) is 14.4. The van der Waals surface area contributed by atoms with Gasteiger partial charge in [0.1, 0.15) is 0 Å². The molecule has 1 fully saturated rings. The SMILES string of the molecule is CCNC(c1ccc2[nH]c(=O)oc2c1)C1(C)CCCCC1. The molecule has 0 radical (unpaired) electrons. The zero-order valence-electron chi connectivity index (χ0n) is 12.9. The van der Waals surface area contributed by atoms with Crippen LogP contribution in [0.2, 0.25) is 0 Å². The van der Waals surface area contributed by atoms with E-state index in [1.165, 1.54) is 37.7 Å². The summed E-state index contributed by atoms with van der Waals surface area (Å²) in [5, 5.41) is 3.65. The van der Waals surface area contributed by atoms with Crippen molar-refractivity contribution in [1.29, 1.82) is 0 Å². The highest BCUT2D eigenvalue weighted by Crippen LogP contribution is 2.45. The Morgan fingerprint density at radius 2 is 2.10 bits per heavy atom. The monoisotopic (exact) mass is 288 g/mol. The lowest BCUT2D eigenvalue weighted by Gasteiger charge is -2.41. The molecule has 4 nitrogen and oxygen atoms in total. The van der Waals surface area contributed by atoms with Gasteiger partial charge in [0.25, 0.3) is 0 Å². The molecule has 2 aromatic rings. The second-order valence-corrected chi connectivity index (χ2v) is 6.48. The van der Waals surface area contributed by atoms with Gasteiger partial charge < -0.3 is 9.73 Å². The number of fused-ring (bicyclic) bond motifs is 1. The van der Waals surface area contributed by atoms with Crippen LogP contribution >= 0.6 is 0 Å². The molecule has 0 spiro atoms. The van der Waals surface area contributed by atoms with E-state index in [-0.39, 0.29) is 11.2 Å². The standard InChI is InChI=1S/C17H24N2O2/c1-3-18-15(17(2)9-5-4-6-10-17)12-7-8-13-14(11-12)21-16(20)19-13/h7-8,11,15,18H,3-6,9-10H2,1-2H3,(H,19,20). The summed E-state index contributed by atoms with van der Waals surface area (Å²) in [5.41, 5.74) is 2.92. The molecule has 2 N–H and O–H groups in total. The van der Waals surface area contributed by atoms with Gasteiger partial charge in [-0.25, -0.2) is 4.79 Å². The van der Waals surface area contributed by atoms with Crippen LogP contribution in [0.1, 0.15) is 57.6 Å². The van der Waals surface area contributed by atoms with Crippen LogP contribution in [0, 0.1) is 5.41 Å². The minimum absolute atomic E-state index is 0.276. The van der Waals surface area contributed by atoms with Crippen molar-refractivity contribution in [2.75, 3.05) is 6.54 Å². The molecule has 1 saturated carbocycles.